The minimum absolute atomic E-state index is 0.00476. The molecular formula is C17H24N2O3S. The zero-order chi connectivity index (χ0) is 15.7. The SMILES string of the molecule is O=C(c1cccs1)N1CCC2(CC1)C[C@H](N1CCOCC1)CO2. The molecule has 1 spiro atoms. The number of ether oxygens (including phenoxy) is 2. The Labute approximate surface area is 141 Å². The summed E-state index contributed by atoms with van der Waals surface area (Å²) in [6, 6.07) is 4.38. The van der Waals surface area contributed by atoms with Gasteiger partial charge in [0.1, 0.15) is 0 Å². The summed E-state index contributed by atoms with van der Waals surface area (Å²) < 4.78 is 11.7. The minimum Gasteiger partial charge on any atom is -0.379 e. The van der Waals surface area contributed by atoms with E-state index >= 15 is 0 Å². The predicted molar refractivity (Wildman–Crippen MR) is 88.9 cm³/mol. The van der Waals surface area contributed by atoms with E-state index in [9.17, 15) is 4.79 Å². The second kappa shape index (κ2) is 6.51. The molecule has 4 rings (SSSR count). The summed E-state index contributed by atoms with van der Waals surface area (Å²) in [5.41, 5.74) is -0.00476. The fourth-order valence-electron chi connectivity index (χ4n) is 4.02. The molecule has 3 aliphatic heterocycles. The lowest BCUT2D eigenvalue weighted by Crippen LogP contribution is -2.48. The topological polar surface area (TPSA) is 42.0 Å². The van der Waals surface area contributed by atoms with Crippen molar-refractivity contribution in [2.24, 2.45) is 0 Å². The Morgan fingerprint density at radius 2 is 2.00 bits per heavy atom. The number of hydrogen-bond donors (Lipinski definition) is 0. The summed E-state index contributed by atoms with van der Waals surface area (Å²) >= 11 is 1.53. The van der Waals surface area contributed by atoms with Gasteiger partial charge in [-0.25, -0.2) is 0 Å². The minimum atomic E-state index is -0.00476. The van der Waals surface area contributed by atoms with Crippen LogP contribution in [0.3, 0.4) is 0 Å². The van der Waals surface area contributed by atoms with E-state index in [1.54, 1.807) is 0 Å². The third-order valence-corrected chi connectivity index (χ3v) is 6.30. The molecule has 0 radical (unpaired) electrons. The predicted octanol–water partition coefficient (Wildman–Crippen LogP) is 1.84. The fourth-order valence-corrected chi connectivity index (χ4v) is 4.71. The van der Waals surface area contributed by atoms with E-state index in [4.69, 9.17) is 9.47 Å². The van der Waals surface area contributed by atoms with Crippen molar-refractivity contribution in [3.8, 4) is 0 Å². The van der Waals surface area contributed by atoms with Crippen molar-refractivity contribution in [3.05, 3.63) is 22.4 Å². The van der Waals surface area contributed by atoms with Gasteiger partial charge in [0, 0.05) is 32.2 Å². The molecule has 1 amide bonds. The van der Waals surface area contributed by atoms with E-state index in [1.807, 2.05) is 22.4 Å². The van der Waals surface area contributed by atoms with Crippen LogP contribution in [-0.2, 0) is 9.47 Å². The second-order valence-corrected chi connectivity index (χ2v) is 7.72. The number of hydrogen-bond acceptors (Lipinski definition) is 5. The number of piperidine rings is 1. The van der Waals surface area contributed by atoms with E-state index < -0.39 is 0 Å². The molecule has 0 bridgehead atoms. The van der Waals surface area contributed by atoms with Crippen molar-refractivity contribution in [1.29, 1.82) is 0 Å². The summed E-state index contributed by atoms with van der Waals surface area (Å²) in [5.74, 6) is 0.178. The molecule has 0 saturated carbocycles. The zero-order valence-electron chi connectivity index (χ0n) is 13.4. The van der Waals surface area contributed by atoms with E-state index in [0.717, 1.165) is 70.1 Å². The van der Waals surface area contributed by atoms with Crippen LogP contribution in [0.2, 0.25) is 0 Å². The quantitative estimate of drug-likeness (QED) is 0.826. The smallest absolute Gasteiger partial charge is 0.263 e. The van der Waals surface area contributed by atoms with Crippen LogP contribution >= 0.6 is 11.3 Å². The molecule has 4 heterocycles. The molecule has 3 fully saturated rings. The lowest BCUT2D eigenvalue weighted by Gasteiger charge is -2.39. The molecule has 1 atom stereocenters. The summed E-state index contributed by atoms with van der Waals surface area (Å²) in [6.07, 6.45) is 3.03. The lowest BCUT2D eigenvalue weighted by atomic mass is 9.87. The Morgan fingerprint density at radius 1 is 1.22 bits per heavy atom. The molecule has 3 saturated heterocycles. The first-order valence-electron chi connectivity index (χ1n) is 8.54. The van der Waals surface area contributed by atoms with Gasteiger partial charge in [-0.3, -0.25) is 9.69 Å². The molecule has 0 aromatic carbocycles. The molecule has 23 heavy (non-hydrogen) atoms. The average molecular weight is 336 g/mol. The van der Waals surface area contributed by atoms with Crippen molar-refractivity contribution in [1.82, 2.24) is 9.80 Å². The molecule has 5 nitrogen and oxygen atoms in total. The van der Waals surface area contributed by atoms with Crippen LogP contribution in [0, 0.1) is 0 Å². The Bertz CT molecular complexity index is 534. The van der Waals surface area contributed by atoms with Gasteiger partial charge in [0.25, 0.3) is 5.91 Å². The second-order valence-electron chi connectivity index (χ2n) is 6.77. The molecule has 3 aliphatic rings. The highest BCUT2D eigenvalue weighted by Crippen LogP contribution is 2.38. The number of thiophene rings is 1. The number of nitrogens with zero attached hydrogens (tertiary/aromatic N) is 2. The first kappa shape index (κ1) is 15.6. The largest absolute Gasteiger partial charge is 0.379 e. The maximum absolute atomic E-state index is 12.4. The normalized spacial score (nSPS) is 28.3. The molecule has 0 unspecified atom stereocenters. The van der Waals surface area contributed by atoms with Gasteiger partial charge in [0.2, 0.25) is 0 Å². The van der Waals surface area contributed by atoms with Crippen molar-refractivity contribution in [2.75, 3.05) is 46.0 Å². The van der Waals surface area contributed by atoms with Gasteiger partial charge in [-0.2, -0.15) is 0 Å². The van der Waals surface area contributed by atoms with Crippen LogP contribution in [0.5, 0.6) is 0 Å². The number of likely N-dealkylation sites (tertiary alicyclic amines) is 1. The van der Waals surface area contributed by atoms with Gasteiger partial charge in [-0.15, -0.1) is 11.3 Å². The summed E-state index contributed by atoms with van der Waals surface area (Å²) in [6.45, 7) is 6.18. The molecule has 126 valence electrons. The molecule has 1 aromatic heterocycles. The molecule has 0 N–H and O–H groups in total. The Morgan fingerprint density at radius 3 is 2.70 bits per heavy atom. The Balaban J connectivity index is 1.33. The van der Waals surface area contributed by atoms with E-state index in [1.165, 1.54) is 11.3 Å². The van der Waals surface area contributed by atoms with E-state index in [2.05, 4.69) is 4.90 Å². The number of morpholine rings is 1. The summed E-state index contributed by atoms with van der Waals surface area (Å²) in [7, 11) is 0. The maximum atomic E-state index is 12.4. The summed E-state index contributed by atoms with van der Waals surface area (Å²) in [4.78, 5) is 17.8. The highest BCUT2D eigenvalue weighted by atomic mass is 32.1. The van der Waals surface area contributed by atoms with E-state index in [-0.39, 0.29) is 11.5 Å². The monoisotopic (exact) mass is 336 g/mol. The molecule has 1 aromatic rings. The van der Waals surface area contributed by atoms with Crippen molar-refractivity contribution in [3.63, 3.8) is 0 Å². The van der Waals surface area contributed by atoms with Crippen LogP contribution < -0.4 is 0 Å². The first-order valence-corrected chi connectivity index (χ1v) is 9.42. The molecule has 6 heteroatoms. The van der Waals surface area contributed by atoms with Crippen LogP contribution in [-0.4, -0.2) is 73.3 Å². The van der Waals surface area contributed by atoms with Gasteiger partial charge in [0.05, 0.1) is 30.3 Å². The number of amides is 1. The van der Waals surface area contributed by atoms with Gasteiger partial charge in [-0.1, -0.05) is 6.07 Å². The Hall–Kier alpha value is -0.950. The number of carbonyl (C=O) groups is 1. The zero-order valence-corrected chi connectivity index (χ0v) is 14.2. The summed E-state index contributed by atoms with van der Waals surface area (Å²) in [5, 5.41) is 1.96. The van der Waals surface area contributed by atoms with Crippen molar-refractivity contribution < 1.29 is 14.3 Å². The number of carbonyl (C=O) groups excluding carboxylic acids is 1. The Kier molecular flexibility index (Phi) is 4.41. The van der Waals surface area contributed by atoms with Crippen molar-refractivity contribution >= 4 is 17.2 Å². The van der Waals surface area contributed by atoms with Crippen LogP contribution in [0.4, 0.5) is 0 Å². The van der Waals surface area contributed by atoms with Gasteiger partial charge in [-0.05, 0) is 30.7 Å². The van der Waals surface area contributed by atoms with Gasteiger partial charge < -0.3 is 14.4 Å². The lowest BCUT2D eigenvalue weighted by molar-refractivity contribution is -0.0400. The standard InChI is InChI=1S/C17H24N2O3S/c20-16(15-2-1-11-23-15)19-5-3-17(4-6-19)12-14(13-22-17)18-7-9-21-10-8-18/h1-2,11,14H,3-10,12-13H2/t14-/m0/s1. The van der Waals surface area contributed by atoms with Crippen LogP contribution in [0.1, 0.15) is 28.9 Å². The van der Waals surface area contributed by atoms with Crippen LogP contribution in [0.15, 0.2) is 17.5 Å². The third kappa shape index (κ3) is 3.18. The van der Waals surface area contributed by atoms with Gasteiger partial charge in [0.15, 0.2) is 0 Å². The first-order chi connectivity index (χ1) is 11.3. The van der Waals surface area contributed by atoms with Crippen LogP contribution in [0.25, 0.3) is 0 Å². The van der Waals surface area contributed by atoms with Crippen molar-refractivity contribution in [2.45, 2.75) is 30.9 Å². The fraction of sp³-hybridized carbons (Fsp3) is 0.706. The molecule has 0 aliphatic carbocycles. The van der Waals surface area contributed by atoms with E-state index in [0.29, 0.717) is 6.04 Å². The highest BCUT2D eigenvalue weighted by molar-refractivity contribution is 7.12. The third-order valence-electron chi connectivity index (χ3n) is 5.45. The average Bonchev–Trinajstić information content (AvgIpc) is 3.26. The maximum Gasteiger partial charge on any atom is 0.263 e. The number of rotatable bonds is 2. The highest BCUT2D eigenvalue weighted by Gasteiger charge is 2.45. The molecular weight excluding hydrogens is 312 g/mol. The van der Waals surface area contributed by atoms with Gasteiger partial charge >= 0.3 is 0 Å².